The molecular weight excluding hydrogens is 384 g/mol. The van der Waals surface area contributed by atoms with Gasteiger partial charge in [-0.05, 0) is 52.4 Å². The molecule has 30 heavy (non-hydrogen) atoms. The third-order valence-corrected chi connectivity index (χ3v) is 7.36. The highest BCUT2D eigenvalue weighted by molar-refractivity contribution is 5.90. The Bertz CT molecular complexity index is 639. The summed E-state index contributed by atoms with van der Waals surface area (Å²) in [5.74, 6) is -0.815. The number of carbonyl (C=O) groups excluding carboxylic acids is 4. The normalized spacial score (nSPS) is 36.9. The zero-order chi connectivity index (χ0) is 22.0. The lowest BCUT2D eigenvalue weighted by Crippen LogP contribution is -2.55. The highest BCUT2D eigenvalue weighted by atomic mass is 16.2. The molecule has 0 unspecified atom stereocenters. The number of likely N-dealkylation sites (N-methyl/N-ethyl adjacent to an activating group) is 2. The molecule has 2 aliphatic carbocycles. The predicted molar refractivity (Wildman–Crippen MR) is 112 cm³/mol. The Morgan fingerprint density at radius 3 is 1.40 bits per heavy atom. The molecule has 3 aliphatic rings. The molecule has 2 saturated carbocycles. The van der Waals surface area contributed by atoms with Crippen LogP contribution in [0.25, 0.3) is 0 Å². The molecule has 0 spiro atoms. The molecule has 1 saturated heterocycles. The molecule has 0 aromatic carbocycles. The second kappa shape index (κ2) is 9.35. The van der Waals surface area contributed by atoms with Crippen LogP contribution in [0, 0.1) is 11.8 Å². The summed E-state index contributed by atoms with van der Waals surface area (Å²) in [6.07, 6.45) is 6.02. The largest absolute Gasteiger partial charge is 0.352 e. The first-order chi connectivity index (χ1) is 14.2. The van der Waals surface area contributed by atoms with Crippen LogP contribution in [-0.4, -0.2) is 71.7 Å². The molecule has 6 atom stereocenters. The number of hydrogen-bond donors (Lipinski definition) is 2. The summed E-state index contributed by atoms with van der Waals surface area (Å²) < 4.78 is 0. The maximum atomic E-state index is 13.0. The number of rotatable bonds is 0. The zero-order valence-corrected chi connectivity index (χ0v) is 18.6. The van der Waals surface area contributed by atoms with Crippen molar-refractivity contribution in [3.8, 4) is 0 Å². The van der Waals surface area contributed by atoms with Crippen LogP contribution in [0.4, 0.5) is 0 Å². The van der Waals surface area contributed by atoms with Gasteiger partial charge in [0.25, 0.3) is 0 Å². The minimum atomic E-state index is -0.570. The summed E-state index contributed by atoms with van der Waals surface area (Å²) in [6, 6.07) is -1.32. The van der Waals surface area contributed by atoms with Gasteiger partial charge in [-0.15, -0.1) is 0 Å². The molecule has 4 bridgehead atoms. The number of amides is 4. The van der Waals surface area contributed by atoms with E-state index in [2.05, 4.69) is 10.6 Å². The molecule has 3 rings (SSSR count). The van der Waals surface area contributed by atoms with Gasteiger partial charge in [0.15, 0.2) is 0 Å². The van der Waals surface area contributed by atoms with Gasteiger partial charge in [-0.1, -0.05) is 12.8 Å². The van der Waals surface area contributed by atoms with E-state index in [1.807, 2.05) is 0 Å². The van der Waals surface area contributed by atoms with Crippen LogP contribution < -0.4 is 10.6 Å². The molecule has 3 fully saturated rings. The molecule has 8 heteroatoms. The van der Waals surface area contributed by atoms with Gasteiger partial charge in [-0.2, -0.15) is 0 Å². The van der Waals surface area contributed by atoms with Gasteiger partial charge in [-0.25, -0.2) is 0 Å². The quantitative estimate of drug-likeness (QED) is 0.612. The third-order valence-electron chi connectivity index (χ3n) is 7.36. The molecule has 0 radical (unpaired) electrons. The Balaban J connectivity index is 1.85. The maximum Gasteiger partial charge on any atom is 0.242 e. The molecule has 1 heterocycles. The molecule has 1 aliphatic heterocycles. The van der Waals surface area contributed by atoms with Crippen LogP contribution in [-0.2, 0) is 19.2 Å². The Hall–Kier alpha value is -2.12. The standard InChI is InChI=1S/C22H36N4O4/c1-13-19(27)23-17-9-6-8-16(12-17)22(30)26(4)14(2)20(28)24-18-10-5-7-15(11-18)21(29)25(13)3/h13-18H,5-12H2,1-4H3,(H,23,27)(H,24,28)/t13-,14-,15-,16-,17+,18+/m0/s1. The maximum absolute atomic E-state index is 13.0. The van der Waals surface area contributed by atoms with E-state index < -0.39 is 12.1 Å². The van der Waals surface area contributed by atoms with E-state index in [4.69, 9.17) is 0 Å². The second-order valence-electron chi connectivity index (χ2n) is 9.39. The summed E-state index contributed by atoms with van der Waals surface area (Å²) in [5, 5.41) is 6.12. The van der Waals surface area contributed by atoms with Gasteiger partial charge in [0.05, 0.1) is 0 Å². The minimum Gasteiger partial charge on any atom is -0.352 e. The highest BCUT2D eigenvalue weighted by Gasteiger charge is 2.37. The van der Waals surface area contributed by atoms with Crippen molar-refractivity contribution in [3.05, 3.63) is 0 Å². The highest BCUT2D eigenvalue weighted by Crippen LogP contribution is 2.29. The summed E-state index contributed by atoms with van der Waals surface area (Å²) in [4.78, 5) is 54.8. The molecule has 0 aromatic rings. The Morgan fingerprint density at radius 2 is 1.03 bits per heavy atom. The average molecular weight is 421 g/mol. The number of nitrogens with one attached hydrogen (secondary N) is 2. The van der Waals surface area contributed by atoms with E-state index in [9.17, 15) is 19.2 Å². The molecule has 4 amide bonds. The predicted octanol–water partition coefficient (Wildman–Crippen LogP) is 1.04. The number of fused-ring (bicyclic) bond motifs is 4. The van der Waals surface area contributed by atoms with E-state index in [0.717, 1.165) is 38.5 Å². The smallest absolute Gasteiger partial charge is 0.242 e. The lowest BCUT2D eigenvalue weighted by molar-refractivity contribution is -0.145. The summed E-state index contributed by atoms with van der Waals surface area (Å²) in [6.45, 7) is 3.50. The lowest BCUT2D eigenvalue weighted by Gasteiger charge is -2.37. The fourth-order valence-corrected chi connectivity index (χ4v) is 5.04. The Labute approximate surface area is 179 Å². The van der Waals surface area contributed by atoms with Crippen LogP contribution in [0.3, 0.4) is 0 Å². The first-order valence-electron chi connectivity index (χ1n) is 11.3. The van der Waals surface area contributed by atoms with Crippen molar-refractivity contribution >= 4 is 23.6 Å². The van der Waals surface area contributed by atoms with Gasteiger partial charge in [0, 0.05) is 38.0 Å². The second-order valence-corrected chi connectivity index (χ2v) is 9.39. The number of hydrogen-bond acceptors (Lipinski definition) is 4. The van der Waals surface area contributed by atoms with Gasteiger partial charge in [0.2, 0.25) is 23.6 Å². The van der Waals surface area contributed by atoms with E-state index >= 15 is 0 Å². The third kappa shape index (κ3) is 4.78. The Kier molecular flexibility index (Phi) is 7.03. The molecule has 8 nitrogen and oxygen atoms in total. The van der Waals surface area contributed by atoms with Crippen LogP contribution in [0.1, 0.15) is 65.2 Å². The number of nitrogens with zero attached hydrogens (tertiary/aromatic N) is 2. The molecular formula is C22H36N4O4. The van der Waals surface area contributed by atoms with Crippen LogP contribution >= 0.6 is 0 Å². The van der Waals surface area contributed by atoms with Crippen molar-refractivity contribution in [1.82, 2.24) is 20.4 Å². The van der Waals surface area contributed by atoms with Gasteiger partial charge >= 0.3 is 0 Å². The van der Waals surface area contributed by atoms with Crippen molar-refractivity contribution in [2.45, 2.75) is 89.4 Å². The van der Waals surface area contributed by atoms with E-state index in [0.29, 0.717) is 12.8 Å². The molecule has 0 aromatic heterocycles. The lowest BCUT2D eigenvalue weighted by atomic mass is 9.83. The molecule has 168 valence electrons. The van der Waals surface area contributed by atoms with Gasteiger partial charge in [0.1, 0.15) is 12.1 Å². The first kappa shape index (κ1) is 22.6. The molecule has 2 N–H and O–H groups in total. The fourth-order valence-electron chi connectivity index (χ4n) is 5.04. The number of carbonyl (C=O) groups is 4. The van der Waals surface area contributed by atoms with Crippen molar-refractivity contribution < 1.29 is 19.2 Å². The van der Waals surface area contributed by atoms with E-state index in [1.54, 1.807) is 27.9 Å². The topological polar surface area (TPSA) is 98.8 Å². The van der Waals surface area contributed by atoms with Crippen molar-refractivity contribution in [3.63, 3.8) is 0 Å². The van der Waals surface area contributed by atoms with E-state index in [-0.39, 0.29) is 47.5 Å². The fraction of sp³-hybridized carbons (Fsp3) is 0.818. The van der Waals surface area contributed by atoms with Crippen molar-refractivity contribution in [2.75, 3.05) is 14.1 Å². The van der Waals surface area contributed by atoms with Gasteiger partial charge < -0.3 is 20.4 Å². The minimum absolute atomic E-state index is 0.0365. The van der Waals surface area contributed by atoms with Crippen LogP contribution in [0.15, 0.2) is 0 Å². The Morgan fingerprint density at radius 1 is 0.667 bits per heavy atom. The van der Waals surface area contributed by atoms with Crippen molar-refractivity contribution in [2.24, 2.45) is 11.8 Å². The zero-order valence-electron chi connectivity index (χ0n) is 18.6. The van der Waals surface area contributed by atoms with Crippen molar-refractivity contribution in [1.29, 1.82) is 0 Å². The average Bonchev–Trinajstić information content (AvgIpc) is 2.75. The van der Waals surface area contributed by atoms with Crippen LogP contribution in [0.5, 0.6) is 0 Å². The summed E-state index contributed by atoms with van der Waals surface area (Å²) >= 11 is 0. The summed E-state index contributed by atoms with van der Waals surface area (Å²) in [7, 11) is 3.37. The van der Waals surface area contributed by atoms with Crippen LogP contribution in [0.2, 0.25) is 0 Å². The SMILES string of the molecule is C[C@H]1C(=O)N[C@@H]2CCC[C@@H](C2)C(=O)N(C)[C@@H](C)C(=O)N[C@@H]2CCC[C@@H](C2)C(=O)N1C. The summed E-state index contributed by atoms with van der Waals surface area (Å²) in [5.41, 5.74) is 0. The first-order valence-corrected chi connectivity index (χ1v) is 11.3. The monoisotopic (exact) mass is 420 g/mol. The van der Waals surface area contributed by atoms with E-state index in [1.165, 1.54) is 9.80 Å². The van der Waals surface area contributed by atoms with Gasteiger partial charge in [-0.3, -0.25) is 19.2 Å².